The number of amides is 1. The number of hydrogen-bond acceptors (Lipinski definition) is 2. The summed E-state index contributed by atoms with van der Waals surface area (Å²) in [6.45, 7) is 0.430. The number of carbonyl (C=O) groups is 2. The number of H-pyrrole nitrogens is 1. The second-order valence-electron chi connectivity index (χ2n) is 4.91. The van der Waals surface area contributed by atoms with Crippen LogP contribution in [0.25, 0.3) is 10.9 Å². The van der Waals surface area contributed by atoms with Gasteiger partial charge in [-0.05, 0) is 37.1 Å². The van der Waals surface area contributed by atoms with E-state index in [4.69, 9.17) is 5.11 Å². The van der Waals surface area contributed by atoms with E-state index >= 15 is 0 Å². The molecule has 6 heteroatoms. The highest BCUT2D eigenvalue weighted by atomic mass is 19.1. The number of likely N-dealkylation sites (tertiary alicyclic amines) is 1. The van der Waals surface area contributed by atoms with Crippen molar-refractivity contribution in [1.29, 1.82) is 0 Å². The number of halogens is 1. The molecule has 2 N–H and O–H groups in total. The standard InChI is InChI=1S/C14H13FN2O3/c15-9-3-4-10-8(6-9)7-11(16-10)13(18)17-5-1-2-12(17)14(19)20/h3-4,6-7,12,16H,1-2,5H2,(H,19,20). The van der Waals surface area contributed by atoms with E-state index in [1.54, 1.807) is 12.1 Å². The Labute approximate surface area is 114 Å². The number of aromatic nitrogens is 1. The zero-order valence-corrected chi connectivity index (χ0v) is 10.6. The third-order valence-corrected chi connectivity index (χ3v) is 3.61. The Balaban J connectivity index is 1.94. The van der Waals surface area contributed by atoms with Crippen molar-refractivity contribution in [3.8, 4) is 0 Å². The summed E-state index contributed by atoms with van der Waals surface area (Å²) in [5.41, 5.74) is 0.944. The van der Waals surface area contributed by atoms with E-state index in [2.05, 4.69) is 4.98 Å². The van der Waals surface area contributed by atoms with Crippen molar-refractivity contribution in [3.05, 3.63) is 35.8 Å². The Hall–Kier alpha value is -2.37. The third kappa shape index (κ3) is 2.03. The van der Waals surface area contributed by atoms with Gasteiger partial charge in [0.25, 0.3) is 5.91 Å². The molecule has 1 atom stereocenters. The zero-order chi connectivity index (χ0) is 14.3. The average molecular weight is 276 g/mol. The van der Waals surface area contributed by atoms with Crippen LogP contribution in [-0.4, -0.2) is 39.5 Å². The molecule has 1 aliphatic heterocycles. The first kappa shape index (κ1) is 12.7. The second kappa shape index (κ2) is 4.63. The van der Waals surface area contributed by atoms with Crippen molar-refractivity contribution in [3.63, 3.8) is 0 Å². The van der Waals surface area contributed by atoms with Gasteiger partial charge in [0.15, 0.2) is 0 Å². The Morgan fingerprint density at radius 3 is 2.90 bits per heavy atom. The number of hydrogen-bond donors (Lipinski definition) is 2. The Morgan fingerprint density at radius 2 is 2.15 bits per heavy atom. The minimum absolute atomic E-state index is 0.291. The maximum Gasteiger partial charge on any atom is 0.326 e. The van der Waals surface area contributed by atoms with E-state index in [1.807, 2.05) is 0 Å². The summed E-state index contributed by atoms with van der Waals surface area (Å²) in [4.78, 5) is 27.7. The summed E-state index contributed by atoms with van der Waals surface area (Å²) in [6.07, 6.45) is 1.15. The van der Waals surface area contributed by atoms with Gasteiger partial charge < -0.3 is 15.0 Å². The minimum atomic E-state index is -0.988. The van der Waals surface area contributed by atoms with Gasteiger partial charge in [-0.1, -0.05) is 0 Å². The van der Waals surface area contributed by atoms with Gasteiger partial charge >= 0.3 is 5.97 Å². The molecule has 1 saturated heterocycles. The molecule has 1 aromatic heterocycles. The summed E-state index contributed by atoms with van der Waals surface area (Å²) in [6, 6.07) is 4.98. The number of aromatic amines is 1. The smallest absolute Gasteiger partial charge is 0.326 e. The van der Waals surface area contributed by atoms with Crippen molar-refractivity contribution in [2.45, 2.75) is 18.9 Å². The van der Waals surface area contributed by atoms with Gasteiger partial charge in [-0.15, -0.1) is 0 Å². The highest BCUT2D eigenvalue weighted by molar-refractivity contribution is 5.99. The number of rotatable bonds is 2. The quantitative estimate of drug-likeness (QED) is 0.881. The van der Waals surface area contributed by atoms with Crippen LogP contribution in [0.3, 0.4) is 0 Å². The van der Waals surface area contributed by atoms with Crippen molar-refractivity contribution < 1.29 is 19.1 Å². The normalized spacial score (nSPS) is 18.6. The molecule has 104 valence electrons. The van der Waals surface area contributed by atoms with Gasteiger partial charge in [-0.25, -0.2) is 9.18 Å². The fraction of sp³-hybridized carbons (Fsp3) is 0.286. The number of nitrogens with one attached hydrogen (secondary N) is 1. The zero-order valence-electron chi connectivity index (χ0n) is 10.6. The van der Waals surface area contributed by atoms with Gasteiger partial charge in [0, 0.05) is 17.4 Å². The molecule has 0 radical (unpaired) electrons. The lowest BCUT2D eigenvalue weighted by atomic mass is 10.2. The molecule has 1 aliphatic rings. The van der Waals surface area contributed by atoms with E-state index in [9.17, 15) is 14.0 Å². The number of carboxylic acids is 1. The predicted molar refractivity (Wildman–Crippen MR) is 70.0 cm³/mol. The molecule has 3 rings (SSSR count). The molecular weight excluding hydrogens is 263 g/mol. The largest absolute Gasteiger partial charge is 0.480 e. The summed E-state index contributed by atoms with van der Waals surface area (Å²) in [7, 11) is 0. The summed E-state index contributed by atoms with van der Waals surface area (Å²) in [5, 5.41) is 9.70. The molecule has 0 bridgehead atoms. The Kier molecular flexibility index (Phi) is 2.93. The maximum absolute atomic E-state index is 13.1. The number of benzene rings is 1. The van der Waals surface area contributed by atoms with Crippen molar-refractivity contribution in [2.24, 2.45) is 0 Å². The van der Waals surface area contributed by atoms with E-state index in [0.717, 1.165) is 0 Å². The molecule has 2 aromatic rings. The lowest BCUT2D eigenvalue weighted by Crippen LogP contribution is -2.40. The van der Waals surface area contributed by atoms with Gasteiger partial charge in [0.1, 0.15) is 17.6 Å². The molecule has 1 amide bonds. The first-order valence-electron chi connectivity index (χ1n) is 6.38. The van der Waals surface area contributed by atoms with Crippen molar-refractivity contribution >= 4 is 22.8 Å². The minimum Gasteiger partial charge on any atom is -0.480 e. The molecule has 5 nitrogen and oxygen atoms in total. The molecule has 1 fully saturated rings. The number of nitrogens with zero attached hydrogens (tertiary/aromatic N) is 1. The maximum atomic E-state index is 13.1. The topological polar surface area (TPSA) is 73.4 Å². The molecule has 0 saturated carbocycles. The SMILES string of the molecule is O=C(O)C1CCCN1C(=O)c1cc2cc(F)ccc2[nH]1. The van der Waals surface area contributed by atoms with E-state index in [-0.39, 0.29) is 11.7 Å². The van der Waals surface area contributed by atoms with Crippen LogP contribution in [0.1, 0.15) is 23.3 Å². The lowest BCUT2D eigenvalue weighted by molar-refractivity contribution is -0.141. The molecule has 2 heterocycles. The van der Waals surface area contributed by atoms with Crippen molar-refractivity contribution in [2.75, 3.05) is 6.54 Å². The highest BCUT2D eigenvalue weighted by Crippen LogP contribution is 2.22. The molecule has 0 aliphatic carbocycles. The van der Waals surface area contributed by atoms with Gasteiger partial charge in [-0.2, -0.15) is 0 Å². The highest BCUT2D eigenvalue weighted by Gasteiger charge is 2.34. The van der Waals surface area contributed by atoms with Crippen LogP contribution in [0.15, 0.2) is 24.3 Å². The Morgan fingerprint density at radius 1 is 1.35 bits per heavy atom. The van der Waals surface area contributed by atoms with Crippen LogP contribution >= 0.6 is 0 Å². The number of fused-ring (bicyclic) bond motifs is 1. The number of carbonyl (C=O) groups excluding carboxylic acids is 1. The fourth-order valence-electron chi connectivity index (χ4n) is 2.64. The summed E-state index contributed by atoms with van der Waals surface area (Å²) in [5.74, 6) is -1.72. The van der Waals surface area contributed by atoms with E-state index in [1.165, 1.54) is 17.0 Å². The summed E-state index contributed by atoms with van der Waals surface area (Å²) >= 11 is 0. The predicted octanol–water partition coefficient (Wildman–Crippen LogP) is 2.00. The van der Waals surface area contributed by atoms with Crippen LogP contribution in [-0.2, 0) is 4.79 Å². The first-order chi connectivity index (χ1) is 9.56. The number of carboxylic acid groups (broad SMARTS) is 1. The number of aliphatic carboxylic acids is 1. The fourth-order valence-corrected chi connectivity index (χ4v) is 2.64. The van der Waals surface area contributed by atoms with Gasteiger partial charge in [-0.3, -0.25) is 4.79 Å². The third-order valence-electron chi connectivity index (χ3n) is 3.61. The van der Waals surface area contributed by atoms with Crippen LogP contribution < -0.4 is 0 Å². The Bertz CT molecular complexity index is 695. The first-order valence-corrected chi connectivity index (χ1v) is 6.38. The molecule has 20 heavy (non-hydrogen) atoms. The molecule has 1 aromatic carbocycles. The molecule has 0 spiro atoms. The lowest BCUT2D eigenvalue weighted by Gasteiger charge is -2.20. The van der Waals surface area contributed by atoms with Crippen LogP contribution in [0.4, 0.5) is 4.39 Å². The second-order valence-corrected chi connectivity index (χ2v) is 4.91. The van der Waals surface area contributed by atoms with Crippen molar-refractivity contribution in [1.82, 2.24) is 9.88 Å². The van der Waals surface area contributed by atoms with E-state index in [0.29, 0.717) is 36.0 Å². The molecular formula is C14H13FN2O3. The monoisotopic (exact) mass is 276 g/mol. The van der Waals surface area contributed by atoms with Crippen LogP contribution in [0.2, 0.25) is 0 Å². The van der Waals surface area contributed by atoms with E-state index < -0.39 is 12.0 Å². The van der Waals surface area contributed by atoms with Gasteiger partial charge in [0.05, 0.1) is 0 Å². The van der Waals surface area contributed by atoms with Gasteiger partial charge in [0.2, 0.25) is 0 Å². The van der Waals surface area contributed by atoms with Crippen LogP contribution in [0.5, 0.6) is 0 Å². The summed E-state index contributed by atoms with van der Waals surface area (Å²) < 4.78 is 13.1. The molecule has 1 unspecified atom stereocenters. The van der Waals surface area contributed by atoms with Crippen LogP contribution in [0, 0.1) is 5.82 Å². The average Bonchev–Trinajstić information content (AvgIpc) is 3.03.